The van der Waals surface area contributed by atoms with Gasteiger partial charge in [0.15, 0.2) is 11.5 Å². The van der Waals surface area contributed by atoms with E-state index in [1.807, 2.05) is 23.5 Å². The van der Waals surface area contributed by atoms with Crippen LogP contribution in [0.15, 0.2) is 36.4 Å². The highest BCUT2D eigenvalue weighted by atomic mass is 19.4. The van der Waals surface area contributed by atoms with E-state index in [-0.39, 0.29) is 12.9 Å². The molecule has 14 heteroatoms. The van der Waals surface area contributed by atoms with E-state index in [0.29, 0.717) is 56.4 Å². The highest BCUT2D eigenvalue weighted by Gasteiger charge is 2.37. The lowest BCUT2D eigenvalue weighted by atomic mass is 10.0. The molecule has 0 saturated carbocycles. The lowest BCUT2D eigenvalue weighted by Gasteiger charge is -2.37. The summed E-state index contributed by atoms with van der Waals surface area (Å²) in [6, 6.07) is 4.31. The van der Waals surface area contributed by atoms with Crippen LogP contribution in [0.4, 0.5) is 36.8 Å². The number of rotatable bonds is 6. The second kappa shape index (κ2) is 11.4. The van der Waals surface area contributed by atoms with Crippen molar-refractivity contribution in [2.75, 3.05) is 38.3 Å². The molecule has 3 amide bonds. The molecule has 1 saturated heterocycles. The Morgan fingerprint density at radius 1 is 0.875 bits per heavy atom. The van der Waals surface area contributed by atoms with Crippen LogP contribution in [0.5, 0.6) is 11.5 Å². The summed E-state index contributed by atoms with van der Waals surface area (Å²) in [6.45, 7) is 6.01. The molecule has 2 aromatic carbocycles. The standard InChI is InChI=1S/C26H28F6N4O4/c1-15(2)22(34-24(38)33-19-11-17(25(27,28)29)10-18(12-19)26(30,31)32)23(37)36-7-5-35(6-8-36)13-16-3-4-20-21(9-16)40-14-39-20/h3-4,9-12,15,22H,5-8,13-14H2,1-2H3,(H2,33,34,38). The second-order valence-corrected chi connectivity index (χ2v) is 9.90. The Balaban J connectivity index is 1.36. The third-order valence-electron chi connectivity index (χ3n) is 6.59. The number of urea groups is 1. The molecule has 0 spiro atoms. The van der Waals surface area contributed by atoms with Crippen LogP contribution in [-0.2, 0) is 23.7 Å². The monoisotopic (exact) mass is 574 g/mol. The second-order valence-electron chi connectivity index (χ2n) is 9.90. The molecule has 40 heavy (non-hydrogen) atoms. The molecule has 0 aliphatic carbocycles. The maximum absolute atomic E-state index is 13.2. The average molecular weight is 575 g/mol. The molecule has 218 valence electrons. The Bertz CT molecular complexity index is 1210. The summed E-state index contributed by atoms with van der Waals surface area (Å²) < 4.78 is 89.6. The quantitative estimate of drug-likeness (QED) is 0.478. The van der Waals surface area contributed by atoms with Crippen molar-refractivity contribution in [2.45, 2.75) is 38.8 Å². The highest BCUT2D eigenvalue weighted by Crippen LogP contribution is 2.37. The average Bonchev–Trinajstić information content (AvgIpc) is 3.34. The maximum Gasteiger partial charge on any atom is 0.416 e. The minimum Gasteiger partial charge on any atom is -0.454 e. The molecule has 1 fully saturated rings. The predicted octanol–water partition coefficient (Wildman–Crippen LogP) is 4.94. The summed E-state index contributed by atoms with van der Waals surface area (Å²) in [5.74, 6) is 0.560. The van der Waals surface area contributed by atoms with Crippen molar-refractivity contribution in [3.05, 3.63) is 53.1 Å². The minimum absolute atomic E-state index is 0.0320. The van der Waals surface area contributed by atoms with Gasteiger partial charge in [0.05, 0.1) is 11.1 Å². The van der Waals surface area contributed by atoms with Crippen molar-refractivity contribution in [3.63, 3.8) is 0 Å². The van der Waals surface area contributed by atoms with Crippen LogP contribution in [0, 0.1) is 5.92 Å². The van der Waals surface area contributed by atoms with E-state index in [2.05, 4.69) is 10.2 Å². The zero-order chi connectivity index (χ0) is 29.2. The Labute approximate surface area is 226 Å². The molecular weight excluding hydrogens is 546 g/mol. The molecular formula is C26H28F6N4O4. The third kappa shape index (κ3) is 7.09. The molecule has 2 aromatic rings. The molecule has 0 radical (unpaired) electrons. The lowest BCUT2D eigenvalue weighted by molar-refractivity contribution is -0.143. The summed E-state index contributed by atoms with van der Waals surface area (Å²) in [7, 11) is 0. The topological polar surface area (TPSA) is 83.1 Å². The van der Waals surface area contributed by atoms with E-state index in [9.17, 15) is 35.9 Å². The molecule has 1 atom stereocenters. The SMILES string of the molecule is CC(C)C(NC(=O)Nc1cc(C(F)(F)F)cc(C(F)(F)F)c1)C(=O)N1CCN(Cc2ccc3c(c2)OCO3)CC1. The van der Waals surface area contributed by atoms with Gasteiger partial charge in [0, 0.05) is 38.4 Å². The fourth-order valence-corrected chi connectivity index (χ4v) is 4.47. The van der Waals surface area contributed by atoms with E-state index in [4.69, 9.17) is 9.47 Å². The van der Waals surface area contributed by atoms with Crippen LogP contribution in [0.25, 0.3) is 0 Å². The van der Waals surface area contributed by atoms with Gasteiger partial charge in [-0.2, -0.15) is 26.3 Å². The molecule has 2 aliphatic rings. The summed E-state index contributed by atoms with van der Waals surface area (Å²) >= 11 is 0. The van der Waals surface area contributed by atoms with Gasteiger partial charge in [-0.3, -0.25) is 9.69 Å². The van der Waals surface area contributed by atoms with Crippen LogP contribution in [0.2, 0.25) is 0 Å². The molecule has 0 bridgehead atoms. The fraction of sp³-hybridized carbons (Fsp3) is 0.462. The minimum atomic E-state index is -5.06. The van der Waals surface area contributed by atoms with Crippen LogP contribution in [0.1, 0.15) is 30.5 Å². The van der Waals surface area contributed by atoms with Gasteiger partial charge in [0.1, 0.15) is 6.04 Å². The van der Waals surface area contributed by atoms with Crippen molar-refractivity contribution in [1.82, 2.24) is 15.1 Å². The summed E-state index contributed by atoms with van der Waals surface area (Å²) in [5.41, 5.74) is -2.81. The number of benzene rings is 2. The van der Waals surface area contributed by atoms with Gasteiger partial charge in [-0.1, -0.05) is 19.9 Å². The number of alkyl halides is 6. The number of fused-ring (bicyclic) bond motifs is 1. The largest absolute Gasteiger partial charge is 0.454 e. The number of nitrogens with one attached hydrogen (secondary N) is 2. The maximum atomic E-state index is 13.2. The predicted molar refractivity (Wildman–Crippen MR) is 132 cm³/mol. The number of halogens is 6. The normalized spacial score (nSPS) is 16.7. The van der Waals surface area contributed by atoms with Gasteiger partial charge < -0.3 is 25.0 Å². The van der Waals surface area contributed by atoms with Gasteiger partial charge in [0.25, 0.3) is 0 Å². The van der Waals surface area contributed by atoms with Gasteiger partial charge >= 0.3 is 18.4 Å². The summed E-state index contributed by atoms with van der Waals surface area (Å²) in [5, 5.41) is 4.42. The first kappa shape index (κ1) is 29.3. The first-order valence-electron chi connectivity index (χ1n) is 12.5. The van der Waals surface area contributed by atoms with Crippen LogP contribution >= 0.6 is 0 Å². The number of amides is 3. The number of carbonyl (C=O) groups excluding carboxylic acids is 2. The molecule has 8 nitrogen and oxygen atoms in total. The van der Waals surface area contributed by atoms with E-state index >= 15 is 0 Å². The van der Waals surface area contributed by atoms with Crippen molar-refractivity contribution >= 4 is 17.6 Å². The van der Waals surface area contributed by atoms with E-state index < -0.39 is 53.1 Å². The Kier molecular flexibility index (Phi) is 8.38. The molecule has 2 heterocycles. The zero-order valence-corrected chi connectivity index (χ0v) is 21.7. The Hall–Kier alpha value is -3.68. The molecule has 0 aromatic heterocycles. The van der Waals surface area contributed by atoms with E-state index in [1.165, 1.54) is 0 Å². The number of nitrogens with zero attached hydrogens (tertiary/aromatic N) is 2. The third-order valence-corrected chi connectivity index (χ3v) is 6.59. The van der Waals surface area contributed by atoms with Crippen molar-refractivity contribution in [1.29, 1.82) is 0 Å². The number of hydrogen-bond donors (Lipinski definition) is 2. The zero-order valence-electron chi connectivity index (χ0n) is 21.7. The fourth-order valence-electron chi connectivity index (χ4n) is 4.47. The van der Waals surface area contributed by atoms with Crippen molar-refractivity contribution in [2.24, 2.45) is 5.92 Å². The number of anilines is 1. The number of carbonyl (C=O) groups is 2. The van der Waals surface area contributed by atoms with E-state index in [1.54, 1.807) is 18.7 Å². The number of ether oxygens (including phenoxy) is 2. The molecule has 2 N–H and O–H groups in total. The van der Waals surface area contributed by atoms with Crippen LogP contribution in [-0.4, -0.2) is 60.8 Å². The highest BCUT2D eigenvalue weighted by molar-refractivity contribution is 5.94. The molecule has 2 aliphatic heterocycles. The van der Waals surface area contributed by atoms with Gasteiger partial charge in [-0.15, -0.1) is 0 Å². The van der Waals surface area contributed by atoms with Crippen LogP contribution < -0.4 is 20.1 Å². The van der Waals surface area contributed by atoms with Crippen molar-refractivity contribution < 1.29 is 45.4 Å². The summed E-state index contributed by atoms with van der Waals surface area (Å²) in [6.07, 6.45) is -10.1. The number of piperazine rings is 1. The number of hydrogen-bond acceptors (Lipinski definition) is 5. The smallest absolute Gasteiger partial charge is 0.416 e. The van der Waals surface area contributed by atoms with Gasteiger partial charge in [-0.25, -0.2) is 4.79 Å². The summed E-state index contributed by atoms with van der Waals surface area (Å²) in [4.78, 5) is 29.5. The Morgan fingerprint density at radius 2 is 1.48 bits per heavy atom. The van der Waals surface area contributed by atoms with Crippen molar-refractivity contribution in [3.8, 4) is 11.5 Å². The first-order valence-corrected chi connectivity index (χ1v) is 12.5. The van der Waals surface area contributed by atoms with Gasteiger partial charge in [-0.05, 0) is 41.8 Å². The van der Waals surface area contributed by atoms with Crippen LogP contribution in [0.3, 0.4) is 0 Å². The Morgan fingerprint density at radius 3 is 2.05 bits per heavy atom. The molecule has 4 rings (SSSR count). The van der Waals surface area contributed by atoms with Gasteiger partial charge in [0.2, 0.25) is 12.7 Å². The first-order chi connectivity index (χ1) is 18.7. The lowest BCUT2D eigenvalue weighted by Crippen LogP contribution is -2.56. The molecule has 1 unspecified atom stereocenters. The van der Waals surface area contributed by atoms with E-state index in [0.717, 1.165) is 5.56 Å².